The fourth-order valence-electron chi connectivity index (χ4n) is 5.77. The topological polar surface area (TPSA) is 29.5 Å². The van der Waals surface area contributed by atoms with Gasteiger partial charge in [-0.2, -0.15) is 0 Å². The number of hydrogen-bond donors (Lipinski definition) is 1. The van der Waals surface area contributed by atoms with Crippen molar-refractivity contribution in [1.82, 2.24) is 0 Å². The molecule has 4 aliphatic rings. The molecule has 1 unspecified atom stereocenters. The molecule has 0 heterocycles. The lowest BCUT2D eigenvalue weighted by molar-refractivity contribution is -0.344. The average molecular weight is 252 g/mol. The first-order chi connectivity index (χ1) is 8.49. The predicted molar refractivity (Wildman–Crippen MR) is 72.2 cm³/mol. The largest absolute Gasteiger partial charge is 0.251 e. The van der Waals surface area contributed by atoms with Crippen molar-refractivity contribution < 1.29 is 10.1 Å². The first-order valence-electron chi connectivity index (χ1n) is 7.79. The van der Waals surface area contributed by atoms with E-state index in [1.807, 2.05) is 0 Å². The Hall–Kier alpha value is -0.0800. The van der Waals surface area contributed by atoms with E-state index in [9.17, 15) is 5.26 Å². The number of hydrogen-bond acceptors (Lipinski definition) is 2. The lowest BCUT2D eigenvalue weighted by atomic mass is 9.46. The Balaban J connectivity index is 1.89. The van der Waals surface area contributed by atoms with Gasteiger partial charge in [0.15, 0.2) is 0 Å². The van der Waals surface area contributed by atoms with Crippen LogP contribution in [-0.4, -0.2) is 11.4 Å². The summed E-state index contributed by atoms with van der Waals surface area (Å²) < 4.78 is 0. The molecule has 2 nitrogen and oxygen atoms in total. The van der Waals surface area contributed by atoms with E-state index in [2.05, 4.69) is 20.8 Å². The van der Waals surface area contributed by atoms with Gasteiger partial charge in [0.25, 0.3) is 0 Å². The SMILES string of the molecule is CCC(C)(C)C(OO)C12CC3CC(CC(C3)C1)C2. The maximum absolute atomic E-state index is 9.55. The van der Waals surface area contributed by atoms with Gasteiger partial charge in [-0.05, 0) is 68.1 Å². The quantitative estimate of drug-likeness (QED) is 0.590. The summed E-state index contributed by atoms with van der Waals surface area (Å²) in [6.45, 7) is 6.73. The van der Waals surface area contributed by atoms with Crippen LogP contribution in [0, 0.1) is 28.6 Å². The van der Waals surface area contributed by atoms with Crippen molar-refractivity contribution in [2.45, 2.75) is 71.8 Å². The summed E-state index contributed by atoms with van der Waals surface area (Å²) in [7, 11) is 0. The second-order valence-corrected chi connectivity index (χ2v) is 8.11. The van der Waals surface area contributed by atoms with E-state index in [0.717, 1.165) is 24.2 Å². The van der Waals surface area contributed by atoms with Crippen molar-refractivity contribution in [3.63, 3.8) is 0 Å². The predicted octanol–water partition coefficient (Wildman–Crippen LogP) is 4.50. The molecule has 104 valence electrons. The van der Waals surface area contributed by atoms with Crippen molar-refractivity contribution in [3.8, 4) is 0 Å². The highest BCUT2D eigenvalue weighted by atomic mass is 17.1. The average Bonchev–Trinajstić information content (AvgIpc) is 2.27. The van der Waals surface area contributed by atoms with Gasteiger partial charge >= 0.3 is 0 Å². The van der Waals surface area contributed by atoms with E-state index in [-0.39, 0.29) is 16.9 Å². The lowest BCUT2D eigenvalue weighted by Gasteiger charge is -2.60. The second-order valence-electron chi connectivity index (χ2n) is 8.11. The summed E-state index contributed by atoms with van der Waals surface area (Å²) in [6.07, 6.45) is 9.34. The summed E-state index contributed by atoms with van der Waals surface area (Å²) >= 11 is 0. The minimum Gasteiger partial charge on any atom is -0.251 e. The summed E-state index contributed by atoms with van der Waals surface area (Å²) in [4.78, 5) is 5.09. The summed E-state index contributed by atoms with van der Waals surface area (Å²) in [5, 5.41) is 9.55. The molecule has 0 saturated heterocycles. The van der Waals surface area contributed by atoms with Crippen LogP contribution in [0.5, 0.6) is 0 Å². The molecule has 4 rings (SSSR count). The molecule has 0 aliphatic heterocycles. The molecule has 4 fully saturated rings. The molecule has 4 saturated carbocycles. The van der Waals surface area contributed by atoms with Crippen LogP contribution in [0.2, 0.25) is 0 Å². The molecule has 0 aromatic heterocycles. The minimum absolute atomic E-state index is 0.0309. The Morgan fingerprint density at radius 1 is 1.11 bits per heavy atom. The Labute approximate surface area is 111 Å². The van der Waals surface area contributed by atoms with E-state index < -0.39 is 0 Å². The molecular formula is C16H28O2. The smallest absolute Gasteiger partial charge is 0.103 e. The molecule has 0 aromatic rings. The highest BCUT2D eigenvalue weighted by Crippen LogP contribution is 2.63. The summed E-state index contributed by atoms with van der Waals surface area (Å²) in [5.41, 5.74) is 0.365. The van der Waals surface area contributed by atoms with Gasteiger partial charge in [-0.3, -0.25) is 5.26 Å². The van der Waals surface area contributed by atoms with Crippen LogP contribution in [-0.2, 0) is 4.89 Å². The van der Waals surface area contributed by atoms with Gasteiger partial charge in [0, 0.05) is 5.41 Å². The van der Waals surface area contributed by atoms with Crippen LogP contribution in [0.25, 0.3) is 0 Å². The van der Waals surface area contributed by atoms with Crippen LogP contribution in [0.3, 0.4) is 0 Å². The molecule has 0 spiro atoms. The Morgan fingerprint density at radius 2 is 1.56 bits per heavy atom. The van der Waals surface area contributed by atoms with E-state index in [1.165, 1.54) is 38.5 Å². The lowest BCUT2D eigenvalue weighted by Crippen LogP contribution is -2.56. The monoisotopic (exact) mass is 252 g/mol. The van der Waals surface area contributed by atoms with Crippen molar-refractivity contribution in [3.05, 3.63) is 0 Å². The molecule has 2 heteroatoms. The van der Waals surface area contributed by atoms with Crippen LogP contribution >= 0.6 is 0 Å². The van der Waals surface area contributed by atoms with Crippen molar-refractivity contribution in [1.29, 1.82) is 0 Å². The highest BCUT2D eigenvalue weighted by Gasteiger charge is 2.57. The Morgan fingerprint density at radius 3 is 1.89 bits per heavy atom. The normalized spacial score (nSPS) is 44.3. The Kier molecular flexibility index (Phi) is 3.02. The summed E-state index contributed by atoms with van der Waals surface area (Å²) in [6, 6.07) is 0. The molecule has 1 atom stereocenters. The van der Waals surface area contributed by atoms with Gasteiger partial charge in [-0.15, -0.1) is 0 Å². The molecule has 4 bridgehead atoms. The number of rotatable bonds is 4. The molecule has 1 N–H and O–H groups in total. The molecule has 0 amide bonds. The maximum atomic E-state index is 9.55. The third-order valence-corrected chi connectivity index (χ3v) is 6.37. The van der Waals surface area contributed by atoms with Gasteiger partial charge in [0.05, 0.1) is 0 Å². The van der Waals surface area contributed by atoms with Gasteiger partial charge in [0.2, 0.25) is 0 Å². The van der Waals surface area contributed by atoms with Crippen LogP contribution < -0.4 is 0 Å². The van der Waals surface area contributed by atoms with Crippen molar-refractivity contribution in [2.24, 2.45) is 28.6 Å². The second kappa shape index (κ2) is 4.21. The van der Waals surface area contributed by atoms with Gasteiger partial charge in [0.1, 0.15) is 6.10 Å². The van der Waals surface area contributed by atoms with Crippen LogP contribution in [0.4, 0.5) is 0 Å². The summed E-state index contributed by atoms with van der Waals surface area (Å²) in [5.74, 6) is 2.75. The first kappa shape index (κ1) is 12.9. The van der Waals surface area contributed by atoms with Crippen molar-refractivity contribution >= 4 is 0 Å². The molecule has 0 radical (unpaired) electrons. The third-order valence-electron chi connectivity index (χ3n) is 6.37. The fraction of sp³-hybridized carbons (Fsp3) is 1.00. The Bertz CT molecular complexity index is 286. The van der Waals surface area contributed by atoms with Crippen molar-refractivity contribution in [2.75, 3.05) is 0 Å². The van der Waals surface area contributed by atoms with Gasteiger partial charge in [-0.1, -0.05) is 20.8 Å². The molecule has 18 heavy (non-hydrogen) atoms. The van der Waals surface area contributed by atoms with E-state index in [1.54, 1.807) is 0 Å². The van der Waals surface area contributed by atoms with E-state index in [4.69, 9.17) is 4.89 Å². The zero-order chi connectivity index (χ0) is 13.0. The van der Waals surface area contributed by atoms with Gasteiger partial charge in [-0.25, -0.2) is 4.89 Å². The standard InChI is InChI=1S/C16H28O2/c1-4-15(2,3)14(18-17)16-8-11-5-12(9-16)7-13(6-11)10-16/h11-14,17H,4-10H2,1-3H3. The first-order valence-corrected chi connectivity index (χ1v) is 7.79. The van der Waals surface area contributed by atoms with E-state index in [0.29, 0.717) is 0 Å². The molecule has 0 aromatic carbocycles. The van der Waals surface area contributed by atoms with Crippen LogP contribution in [0.1, 0.15) is 65.7 Å². The third kappa shape index (κ3) is 1.84. The molecular weight excluding hydrogens is 224 g/mol. The fourth-order valence-corrected chi connectivity index (χ4v) is 5.77. The van der Waals surface area contributed by atoms with E-state index >= 15 is 0 Å². The molecule has 4 aliphatic carbocycles. The minimum atomic E-state index is 0.0309. The zero-order valence-corrected chi connectivity index (χ0v) is 12.1. The van der Waals surface area contributed by atoms with Crippen LogP contribution in [0.15, 0.2) is 0 Å². The van der Waals surface area contributed by atoms with Gasteiger partial charge < -0.3 is 0 Å². The zero-order valence-electron chi connectivity index (χ0n) is 12.1. The highest BCUT2D eigenvalue weighted by molar-refractivity contribution is 5.07. The maximum Gasteiger partial charge on any atom is 0.103 e.